The summed E-state index contributed by atoms with van der Waals surface area (Å²) in [6.45, 7) is 1.84. The van der Waals surface area contributed by atoms with E-state index in [1.807, 2.05) is 13.0 Å². The van der Waals surface area contributed by atoms with Gasteiger partial charge >= 0.3 is 0 Å². The number of nitro groups is 1. The predicted molar refractivity (Wildman–Crippen MR) is 69.8 cm³/mol. The van der Waals surface area contributed by atoms with E-state index in [9.17, 15) is 14.3 Å². The summed E-state index contributed by atoms with van der Waals surface area (Å²) in [5, 5.41) is 22.6. The maximum atomic E-state index is 11.1. The zero-order chi connectivity index (χ0) is 13.7. The number of nitriles is 1. The number of anilines is 1. The fraction of sp³-hybridized carbons (Fsp3) is 0.364. The van der Waals surface area contributed by atoms with E-state index in [0.29, 0.717) is 11.4 Å². The number of rotatable bonds is 5. The first-order valence-electron chi connectivity index (χ1n) is 5.19. The number of hydrogen-bond acceptors (Lipinski definition) is 5. The van der Waals surface area contributed by atoms with Gasteiger partial charge in [0.2, 0.25) is 0 Å². The molecule has 1 N–H and O–H groups in total. The number of benzene rings is 1. The third-order valence-corrected chi connectivity index (χ3v) is 3.19. The number of hydrogen-bond donors (Lipinski definition) is 1. The van der Waals surface area contributed by atoms with Crippen LogP contribution in [0.3, 0.4) is 0 Å². The van der Waals surface area contributed by atoms with Crippen molar-refractivity contribution in [1.29, 1.82) is 5.26 Å². The molecule has 0 heterocycles. The van der Waals surface area contributed by atoms with E-state index in [1.54, 1.807) is 6.26 Å². The normalized spacial score (nSPS) is 13.4. The summed E-state index contributed by atoms with van der Waals surface area (Å²) in [6, 6.07) is 5.87. The van der Waals surface area contributed by atoms with Crippen molar-refractivity contribution in [1.82, 2.24) is 0 Å². The Morgan fingerprint density at radius 3 is 2.78 bits per heavy atom. The van der Waals surface area contributed by atoms with Gasteiger partial charge in [0, 0.05) is 41.0 Å². The lowest BCUT2D eigenvalue weighted by atomic mass is 10.1. The molecule has 0 aromatic heterocycles. The molecule has 0 aliphatic rings. The van der Waals surface area contributed by atoms with E-state index in [4.69, 9.17) is 5.26 Å². The molecule has 1 aromatic carbocycles. The van der Waals surface area contributed by atoms with Gasteiger partial charge in [-0.25, -0.2) is 0 Å². The molecule has 0 bridgehead atoms. The largest absolute Gasteiger partial charge is 0.381 e. The minimum Gasteiger partial charge on any atom is -0.381 e. The van der Waals surface area contributed by atoms with Gasteiger partial charge in [-0.3, -0.25) is 14.3 Å². The summed E-state index contributed by atoms with van der Waals surface area (Å²) in [7, 11) is -0.943. The molecule has 6 nitrogen and oxygen atoms in total. The van der Waals surface area contributed by atoms with Crippen LogP contribution in [0.15, 0.2) is 18.2 Å². The van der Waals surface area contributed by atoms with E-state index in [2.05, 4.69) is 5.32 Å². The van der Waals surface area contributed by atoms with E-state index in [0.717, 1.165) is 0 Å². The van der Waals surface area contributed by atoms with Crippen molar-refractivity contribution in [3.63, 3.8) is 0 Å². The summed E-state index contributed by atoms with van der Waals surface area (Å²) in [4.78, 5) is 10.0. The molecule has 18 heavy (non-hydrogen) atoms. The van der Waals surface area contributed by atoms with E-state index in [-0.39, 0.29) is 17.3 Å². The third-order valence-electron chi connectivity index (χ3n) is 2.22. The lowest BCUT2D eigenvalue weighted by Crippen LogP contribution is -2.22. The molecule has 0 aliphatic carbocycles. The zero-order valence-electron chi connectivity index (χ0n) is 10.0. The Hall–Kier alpha value is -1.94. The summed E-state index contributed by atoms with van der Waals surface area (Å²) in [6.07, 6.45) is 1.60. The highest BCUT2D eigenvalue weighted by Crippen LogP contribution is 2.22. The van der Waals surface area contributed by atoms with E-state index >= 15 is 0 Å². The van der Waals surface area contributed by atoms with Crippen LogP contribution in [0.1, 0.15) is 12.5 Å². The minimum atomic E-state index is -0.943. The lowest BCUT2D eigenvalue weighted by Gasteiger charge is -2.14. The fourth-order valence-electron chi connectivity index (χ4n) is 1.52. The van der Waals surface area contributed by atoms with Gasteiger partial charge in [-0.1, -0.05) is 0 Å². The zero-order valence-corrected chi connectivity index (χ0v) is 10.9. The Bertz CT molecular complexity index is 525. The number of nitrogens with one attached hydrogen (secondary N) is 1. The molecule has 0 saturated heterocycles. The van der Waals surface area contributed by atoms with Crippen LogP contribution in [-0.4, -0.2) is 27.2 Å². The first-order valence-corrected chi connectivity index (χ1v) is 6.92. The Balaban J connectivity index is 2.93. The second-order valence-electron chi connectivity index (χ2n) is 3.88. The van der Waals surface area contributed by atoms with E-state index in [1.165, 1.54) is 18.2 Å². The molecule has 7 heteroatoms. The Kier molecular flexibility index (Phi) is 4.80. The van der Waals surface area contributed by atoms with Crippen molar-refractivity contribution in [3.8, 4) is 6.07 Å². The molecule has 2 unspecified atom stereocenters. The standard InChI is InChI=1S/C11H13N3O3S/c1-8(7-18(2)17)13-11-4-3-10(14(15)16)5-9(11)6-12/h3-5,8,13H,7H2,1-2H3. The van der Waals surface area contributed by atoms with Gasteiger partial charge in [-0.2, -0.15) is 5.26 Å². The number of nitrogens with zero attached hydrogens (tertiary/aromatic N) is 2. The van der Waals surface area contributed by atoms with Gasteiger partial charge in [0.05, 0.1) is 16.2 Å². The van der Waals surface area contributed by atoms with E-state index < -0.39 is 15.7 Å². The van der Waals surface area contributed by atoms with Crippen molar-refractivity contribution in [3.05, 3.63) is 33.9 Å². The summed E-state index contributed by atoms with van der Waals surface area (Å²) in [5.41, 5.74) is 0.600. The molecule has 0 radical (unpaired) electrons. The molecule has 1 aromatic rings. The average Bonchev–Trinajstić information content (AvgIpc) is 2.27. The van der Waals surface area contributed by atoms with Gasteiger partial charge in [-0.15, -0.1) is 0 Å². The summed E-state index contributed by atoms with van der Waals surface area (Å²) in [5.74, 6) is 0.446. The van der Waals surface area contributed by atoms with Crippen LogP contribution in [0, 0.1) is 21.4 Å². The highest BCUT2D eigenvalue weighted by Gasteiger charge is 2.12. The van der Waals surface area contributed by atoms with Crippen molar-refractivity contribution in [2.24, 2.45) is 0 Å². The van der Waals surface area contributed by atoms with Gasteiger partial charge in [0.15, 0.2) is 0 Å². The quantitative estimate of drug-likeness (QED) is 0.646. The van der Waals surface area contributed by atoms with Gasteiger partial charge in [0.1, 0.15) is 6.07 Å². The summed E-state index contributed by atoms with van der Waals surface area (Å²) < 4.78 is 11.1. The Morgan fingerprint density at radius 1 is 1.61 bits per heavy atom. The minimum absolute atomic E-state index is 0.0793. The number of non-ortho nitro benzene ring substituents is 1. The SMILES string of the molecule is CC(CS(C)=O)Nc1ccc([N+](=O)[O-])cc1C#N. The lowest BCUT2D eigenvalue weighted by molar-refractivity contribution is -0.384. The van der Waals surface area contributed by atoms with Crippen molar-refractivity contribution >= 4 is 22.2 Å². The second kappa shape index (κ2) is 6.12. The predicted octanol–water partition coefficient (Wildman–Crippen LogP) is 1.65. The van der Waals surface area contributed by atoms with Crippen molar-refractivity contribution in [2.45, 2.75) is 13.0 Å². The Labute approximate surface area is 107 Å². The highest BCUT2D eigenvalue weighted by molar-refractivity contribution is 7.84. The van der Waals surface area contributed by atoms with Crippen LogP contribution >= 0.6 is 0 Å². The summed E-state index contributed by atoms with van der Waals surface area (Å²) >= 11 is 0. The molecule has 0 spiro atoms. The third kappa shape index (κ3) is 3.82. The number of nitro benzene ring substituents is 1. The molecule has 96 valence electrons. The van der Waals surface area contributed by atoms with Crippen molar-refractivity contribution < 1.29 is 9.13 Å². The van der Waals surface area contributed by atoms with Crippen LogP contribution in [0.4, 0.5) is 11.4 Å². The van der Waals surface area contributed by atoms with Crippen LogP contribution in [0.25, 0.3) is 0 Å². The molecule has 0 saturated carbocycles. The van der Waals surface area contributed by atoms with Crippen LogP contribution in [-0.2, 0) is 10.8 Å². The van der Waals surface area contributed by atoms with Crippen molar-refractivity contribution in [2.75, 3.05) is 17.3 Å². The fourth-order valence-corrected chi connectivity index (χ4v) is 2.31. The average molecular weight is 267 g/mol. The second-order valence-corrected chi connectivity index (χ2v) is 5.36. The monoisotopic (exact) mass is 267 g/mol. The molecule has 0 fully saturated rings. The molecule has 0 amide bonds. The highest BCUT2D eigenvalue weighted by atomic mass is 32.2. The smallest absolute Gasteiger partial charge is 0.270 e. The molecule has 1 rings (SSSR count). The maximum absolute atomic E-state index is 11.1. The van der Waals surface area contributed by atoms with Gasteiger partial charge < -0.3 is 5.32 Å². The molecular weight excluding hydrogens is 254 g/mol. The molecular formula is C11H13N3O3S. The van der Waals surface area contributed by atoms with Gasteiger partial charge in [0.25, 0.3) is 5.69 Å². The van der Waals surface area contributed by atoms with Crippen LogP contribution in [0.2, 0.25) is 0 Å². The van der Waals surface area contributed by atoms with Crippen LogP contribution in [0.5, 0.6) is 0 Å². The maximum Gasteiger partial charge on any atom is 0.270 e. The first kappa shape index (κ1) is 14.1. The molecule has 0 aliphatic heterocycles. The Morgan fingerprint density at radius 2 is 2.28 bits per heavy atom. The molecule has 2 atom stereocenters. The first-order chi connectivity index (χ1) is 8.43. The van der Waals surface area contributed by atoms with Gasteiger partial charge in [-0.05, 0) is 13.0 Å². The van der Waals surface area contributed by atoms with Crippen LogP contribution < -0.4 is 5.32 Å². The topological polar surface area (TPSA) is 96.0 Å².